The fourth-order valence-corrected chi connectivity index (χ4v) is 3.75. The Morgan fingerprint density at radius 2 is 2.00 bits per heavy atom. The van der Waals surface area contributed by atoms with Gasteiger partial charge in [-0.3, -0.25) is 4.79 Å². The summed E-state index contributed by atoms with van der Waals surface area (Å²) in [6, 6.07) is 15.1. The summed E-state index contributed by atoms with van der Waals surface area (Å²) < 4.78 is 1.10. The lowest BCUT2D eigenvalue weighted by Crippen LogP contribution is -2.36. The Labute approximate surface area is 168 Å². The summed E-state index contributed by atoms with van der Waals surface area (Å²) in [7, 11) is 0. The zero-order valence-electron chi connectivity index (χ0n) is 14.3. The number of hydrogen-bond donors (Lipinski definition) is 2. The summed E-state index contributed by atoms with van der Waals surface area (Å²) in [5.74, 6) is -0.336. The van der Waals surface area contributed by atoms with Crippen LogP contribution >= 0.6 is 35.3 Å². The number of amides is 1. The smallest absolute Gasteiger partial charge is 0.224 e. The summed E-state index contributed by atoms with van der Waals surface area (Å²) in [6.07, 6.45) is 0.690. The van der Waals surface area contributed by atoms with Crippen molar-refractivity contribution in [2.45, 2.75) is 19.4 Å². The maximum Gasteiger partial charge on any atom is 0.224 e. The van der Waals surface area contributed by atoms with E-state index in [0.717, 1.165) is 20.8 Å². The van der Waals surface area contributed by atoms with Crippen LogP contribution in [0.2, 0.25) is 5.02 Å². The van der Waals surface area contributed by atoms with Crippen LogP contribution in [0.15, 0.2) is 48.5 Å². The molecule has 3 N–H and O–H groups in total. The first-order valence-corrected chi connectivity index (χ1v) is 9.37. The molecule has 0 aliphatic heterocycles. The first-order chi connectivity index (χ1) is 12.0. The summed E-state index contributed by atoms with van der Waals surface area (Å²) >= 11 is 7.61. The molecule has 2 aromatic carbocycles. The number of nitrogens with two attached hydrogens (primary N) is 1. The average Bonchev–Trinajstić information content (AvgIpc) is 3.02. The Balaban J connectivity index is 0.00000243. The SMILES string of the molecule is CC(C(=O)NCCc1nc2cc(Cl)ccc2s1)C(N)c1ccccc1.Cl. The molecule has 2 unspecified atom stereocenters. The summed E-state index contributed by atoms with van der Waals surface area (Å²) in [6.45, 7) is 2.39. The van der Waals surface area contributed by atoms with Crippen LogP contribution in [-0.2, 0) is 11.2 Å². The molecule has 0 saturated heterocycles. The van der Waals surface area contributed by atoms with Gasteiger partial charge in [-0.1, -0.05) is 48.9 Å². The van der Waals surface area contributed by atoms with Crippen molar-refractivity contribution in [3.63, 3.8) is 0 Å². The molecular weight excluding hydrogens is 389 g/mol. The molecule has 0 spiro atoms. The molecule has 3 aromatic rings. The van der Waals surface area contributed by atoms with Crippen molar-refractivity contribution in [1.29, 1.82) is 0 Å². The molecule has 0 saturated carbocycles. The van der Waals surface area contributed by atoms with Crippen molar-refractivity contribution < 1.29 is 4.79 Å². The van der Waals surface area contributed by atoms with Gasteiger partial charge in [-0.2, -0.15) is 0 Å². The van der Waals surface area contributed by atoms with Gasteiger partial charge in [-0.05, 0) is 23.8 Å². The number of nitrogens with one attached hydrogen (secondary N) is 1. The highest BCUT2D eigenvalue weighted by atomic mass is 35.5. The third-order valence-corrected chi connectivity index (χ3v) is 5.50. The number of aromatic nitrogens is 1. The zero-order chi connectivity index (χ0) is 17.8. The van der Waals surface area contributed by atoms with Crippen LogP contribution in [0.3, 0.4) is 0 Å². The minimum atomic E-state index is -0.314. The highest BCUT2D eigenvalue weighted by Gasteiger charge is 2.21. The van der Waals surface area contributed by atoms with Gasteiger partial charge in [0.2, 0.25) is 5.91 Å². The molecule has 3 rings (SSSR count). The maximum absolute atomic E-state index is 12.3. The van der Waals surface area contributed by atoms with Crippen LogP contribution in [0.4, 0.5) is 0 Å². The van der Waals surface area contributed by atoms with E-state index < -0.39 is 0 Å². The molecule has 1 heterocycles. The topological polar surface area (TPSA) is 68.0 Å². The summed E-state index contributed by atoms with van der Waals surface area (Å²) in [5.41, 5.74) is 8.07. The Morgan fingerprint density at radius 3 is 2.73 bits per heavy atom. The summed E-state index contributed by atoms with van der Waals surface area (Å²) in [5, 5.41) is 4.62. The van der Waals surface area contributed by atoms with Crippen molar-refractivity contribution in [2.24, 2.45) is 11.7 Å². The molecule has 0 bridgehead atoms. The number of carbonyl (C=O) groups is 1. The van der Waals surface area contributed by atoms with Crippen molar-refractivity contribution in [3.05, 3.63) is 64.1 Å². The monoisotopic (exact) mass is 409 g/mol. The van der Waals surface area contributed by atoms with Crippen LogP contribution in [0.25, 0.3) is 10.2 Å². The van der Waals surface area contributed by atoms with E-state index in [2.05, 4.69) is 10.3 Å². The minimum absolute atomic E-state index is 0. The summed E-state index contributed by atoms with van der Waals surface area (Å²) in [4.78, 5) is 16.9. The van der Waals surface area contributed by atoms with Crippen LogP contribution in [0.1, 0.15) is 23.5 Å². The maximum atomic E-state index is 12.3. The predicted molar refractivity (Wildman–Crippen MR) is 111 cm³/mol. The number of benzene rings is 2. The third kappa shape index (κ3) is 4.95. The molecule has 1 aromatic heterocycles. The second-order valence-corrected chi connectivity index (χ2v) is 7.54. The molecular formula is C19H21Cl2N3OS. The van der Waals surface area contributed by atoms with Crippen LogP contribution in [-0.4, -0.2) is 17.4 Å². The van der Waals surface area contributed by atoms with E-state index in [0.29, 0.717) is 18.0 Å². The van der Waals surface area contributed by atoms with Gasteiger partial charge in [-0.15, -0.1) is 23.7 Å². The Kier molecular flexibility index (Phi) is 7.41. The molecule has 2 atom stereocenters. The molecule has 7 heteroatoms. The Morgan fingerprint density at radius 1 is 1.27 bits per heavy atom. The lowest BCUT2D eigenvalue weighted by molar-refractivity contribution is -0.125. The van der Waals surface area contributed by atoms with Crippen molar-refractivity contribution in [3.8, 4) is 0 Å². The first kappa shape index (κ1) is 20.6. The number of carbonyl (C=O) groups excluding carboxylic acids is 1. The van der Waals surface area contributed by atoms with Crippen molar-refractivity contribution >= 4 is 51.5 Å². The normalized spacial score (nSPS) is 13.0. The number of rotatable bonds is 6. The van der Waals surface area contributed by atoms with Gasteiger partial charge in [0.25, 0.3) is 0 Å². The van der Waals surface area contributed by atoms with Gasteiger partial charge in [0.1, 0.15) is 0 Å². The van der Waals surface area contributed by atoms with Crippen LogP contribution < -0.4 is 11.1 Å². The Hall–Kier alpha value is -1.66. The highest BCUT2D eigenvalue weighted by Crippen LogP contribution is 2.25. The second-order valence-electron chi connectivity index (χ2n) is 5.99. The number of nitrogens with zero attached hydrogens (tertiary/aromatic N) is 1. The standard InChI is InChI=1S/C19H20ClN3OS.ClH/c1-12(18(21)13-5-3-2-4-6-13)19(24)22-10-9-17-23-15-11-14(20)7-8-16(15)25-17;/h2-8,11-12,18H,9-10,21H2,1H3,(H,22,24);1H. The number of thiazole rings is 1. The molecule has 0 aliphatic rings. The molecule has 0 radical (unpaired) electrons. The number of hydrogen-bond acceptors (Lipinski definition) is 4. The van der Waals surface area contributed by atoms with Crippen molar-refractivity contribution in [2.75, 3.05) is 6.54 Å². The van der Waals surface area contributed by atoms with Gasteiger partial charge < -0.3 is 11.1 Å². The van der Waals surface area contributed by atoms with E-state index in [-0.39, 0.29) is 30.3 Å². The van der Waals surface area contributed by atoms with Gasteiger partial charge >= 0.3 is 0 Å². The van der Waals surface area contributed by atoms with Crippen LogP contribution in [0.5, 0.6) is 0 Å². The highest BCUT2D eigenvalue weighted by molar-refractivity contribution is 7.18. The van der Waals surface area contributed by atoms with E-state index >= 15 is 0 Å². The fourth-order valence-electron chi connectivity index (χ4n) is 2.64. The van der Waals surface area contributed by atoms with Crippen molar-refractivity contribution in [1.82, 2.24) is 10.3 Å². The van der Waals surface area contributed by atoms with Gasteiger partial charge in [0.05, 0.1) is 21.1 Å². The largest absolute Gasteiger partial charge is 0.355 e. The van der Waals surface area contributed by atoms with Gasteiger partial charge in [-0.25, -0.2) is 4.98 Å². The quantitative estimate of drug-likeness (QED) is 0.634. The van der Waals surface area contributed by atoms with Crippen LogP contribution in [0, 0.1) is 5.92 Å². The molecule has 26 heavy (non-hydrogen) atoms. The lowest BCUT2D eigenvalue weighted by Gasteiger charge is -2.19. The number of halogens is 2. The van der Waals surface area contributed by atoms with E-state index in [9.17, 15) is 4.79 Å². The van der Waals surface area contributed by atoms with E-state index in [1.54, 1.807) is 11.3 Å². The van der Waals surface area contributed by atoms with E-state index in [1.807, 2.05) is 55.5 Å². The van der Waals surface area contributed by atoms with Gasteiger partial charge in [0.15, 0.2) is 0 Å². The molecule has 0 fully saturated rings. The van der Waals surface area contributed by atoms with E-state index in [1.165, 1.54) is 0 Å². The third-order valence-electron chi connectivity index (χ3n) is 4.17. The lowest BCUT2D eigenvalue weighted by atomic mass is 9.95. The second kappa shape index (κ2) is 9.33. The molecule has 0 aliphatic carbocycles. The molecule has 138 valence electrons. The fraction of sp³-hybridized carbons (Fsp3) is 0.263. The van der Waals surface area contributed by atoms with E-state index in [4.69, 9.17) is 17.3 Å². The Bertz CT molecular complexity index is 870. The molecule has 1 amide bonds. The minimum Gasteiger partial charge on any atom is -0.355 e. The van der Waals surface area contributed by atoms with Gasteiger partial charge in [0, 0.05) is 24.0 Å². The first-order valence-electron chi connectivity index (χ1n) is 8.18. The average molecular weight is 410 g/mol. The predicted octanol–water partition coefficient (Wildman–Crippen LogP) is 4.37. The zero-order valence-corrected chi connectivity index (χ0v) is 16.7. The molecule has 4 nitrogen and oxygen atoms in total. The number of fused-ring (bicyclic) bond motifs is 1.